The van der Waals surface area contributed by atoms with Crippen LogP contribution in [-0.2, 0) is 4.79 Å². The van der Waals surface area contributed by atoms with Crippen LogP contribution in [0.5, 0.6) is 11.5 Å². The Kier molecular flexibility index (Phi) is 7.49. The highest BCUT2D eigenvalue weighted by Gasteiger charge is 2.16. The lowest BCUT2D eigenvalue weighted by Gasteiger charge is -2.17. The highest BCUT2D eigenvalue weighted by atomic mass is 16.5. The summed E-state index contributed by atoms with van der Waals surface area (Å²) in [6.45, 7) is 5.84. The van der Waals surface area contributed by atoms with E-state index in [0.29, 0.717) is 29.6 Å². The molecule has 0 aliphatic heterocycles. The van der Waals surface area contributed by atoms with Crippen LogP contribution in [0.1, 0.15) is 26.0 Å². The van der Waals surface area contributed by atoms with Crippen LogP contribution in [0.2, 0.25) is 0 Å². The zero-order chi connectivity index (χ0) is 23.1. The normalized spacial score (nSPS) is 10.6. The van der Waals surface area contributed by atoms with Crippen molar-refractivity contribution in [1.82, 2.24) is 9.97 Å². The summed E-state index contributed by atoms with van der Waals surface area (Å²) in [6.07, 6.45) is 0.410. The molecule has 0 fully saturated rings. The minimum absolute atomic E-state index is 0.0830. The molecule has 1 amide bonds. The van der Waals surface area contributed by atoms with Crippen LogP contribution < -0.4 is 25.4 Å². The second-order valence-corrected chi connectivity index (χ2v) is 7.71. The molecule has 1 aromatic heterocycles. The van der Waals surface area contributed by atoms with E-state index in [1.54, 1.807) is 14.2 Å². The van der Waals surface area contributed by atoms with E-state index >= 15 is 0 Å². The number of carbonyl (C=O) groups is 1. The Bertz CT molecular complexity index is 1050. The monoisotopic (exact) mass is 435 g/mol. The highest BCUT2D eigenvalue weighted by molar-refractivity contribution is 5.95. The fraction of sp³-hybridized carbons (Fsp3) is 0.292. The number of rotatable bonds is 9. The minimum Gasteiger partial charge on any atom is -0.497 e. The molecule has 0 unspecified atom stereocenters. The number of aryl methyl sites for hydroxylation is 1. The lowest BCUT2D eigenvalue weighted by molar-refractivity contribution is -0.116. The molecule has 0 bridgehead atoms. The van der Waals surface area contributed by atoms with Gasteiger partial charge in [0.05, 0.1) is 19.9 Å². The number of benzene rings is 2. The average molecular weight is 436 g/mol. The summed E-state index contributed by atoms with van der Waals surface area (Å²) >= 11 is 0. The fourth-order valence-electron chi connectivity index (χ4n) is 3.04. The van der Waals surface area contributed by atoms with Crippen LogP contribution in [0.3, 0.4) is 0 Å². The number of nitrogens with zero attached hydrogens (tertiary/aromatic N) is 2. The number of carbonyl (C=O) groups excluding carboxylic acids is 1. The van der Waals surface area contributed by atoms with Gasteiger partial charge in [0.2, 0.25) is 11.9 Å². The van der Waals surface area contributed by atoms with Crippen molar-refractivity contribution in [3.8, 4) is 11.5 Å². The first-order valence-electron chi connectivity index (χ1n) is 10.4. The molecular weight excluding hydrogens is 406 g/mol. The number of anilines is 5. The molecule has 8 heteroatoms. The van der Waals surface area contributed by atoms with Crippen molar-refractivity contribution >= 4 is 34.7 Å². The van der Waals surface area contributed by atoms with Gasteiger partial charge in [0.15, 0.2) is 5.82 Å². The number of nitrogens with one attached hydrogen (secondary N) is 3. The summed E-state index contributed by atoms with van der Waals surface area (Å²) in [7, 11) is 3.24. The van der Waals surface area contributed by atoms with Crippen LogP contribution in [0.15, 0.2) is 48.5 Å². The summed E-state index contributed by atoms with van der Waals surface area (Å²) in [4.78, 5) is 21.6. The Morgan fingerprint density at radius 2 is 1.41 bits per heavy atom. The molecule has 1 heterocycles. The first-order chi connectivity index (χ1) is 15.4. The summed E-state index contributed by atoms with van der Waals surface area (Å²) in [5.74, 6) is 2.58. The zero-order valence-electron chi connectivity index (χ0n) is 19.0. The number of hydrogen-bond acceptors (Lipinski definition) is 7. The lowest BCUT2D eigenvalue weighted by Crippen LogP contribution is -2.17. The van der Waals surface area contributed by atoms with Gasteiger partial charge < -0.3 is 25.4 Å². The van der Waals surface area contributed by atoms with Gasteiger partial charge in [-0.3, -0.25) is 4.79 Å². The molecule has 168 valence electrons. The largest absolute Gasteiger partial charge is 0.497 e. The van der Waals surface area contributed by atoms with Gasteiger partial charge in [-0.05, 0) is 61.4 Å². The first-order valence-corrected chi connectivity index (χ1v) is 10.4. The Morgan fingerprint density at radius 3 is 1.91 bits per heavy atom. The predicted octanol–water partition coefficient (Wildman–Crippen LogP) is 5.27. The summed E-state index contributed by atoms with van der Waals surface area (Å²) in [6, 6.07) is 14.9. The number of hydrogen-bond donors (Lipinski definition) is 3. The van der Waals surface area contributed by atoms with E-state index in [1.807, 2.05) is 69.3 Å². The molecule has 3 N–H and O–H groups in total. The van der Waals surface area contributed by atoms with E-state index in [4.69, 9.17) is 9.47 Å². The van der Waals surface area contributed by atoms with Crippen LogP contribution in [-0.4, -0.2) is 30.1 Å². The second-order valence-electron chi connectivity index (χ2n) is 7.71. The Balaban J connectivity index is 1.92. The quantitative estimate of drug-likeness (QED) is 0.421. The van der Waals surface area contributed by atoms with Crippen molar-refractivity contribution in [1.29, 1.82) is 0 Å². The lowest BCUT2D eigenvalue weighted by atomic mass is 10.1. The van der Waals surface area contributed by atoms with Gasteiger partial charge in [-0.15, -0.1) is 0 Å². The molecule has 0 saturated carbocycles. The summed E-state index contributed by atoms with van der Waals surface area (Å²) < 4.78 is 10.4. The number of methoxy groups -OCH3 is 2. The second kappa shape index (κ2) is 10.5. The van der Waals surface area contributed by atoms with Crippen molar-refractivity contribution in [3.63, 3.8) is 0 Å². The molecule has 3 rings (SSSR count). The Labute approximate surface area is 188 Å². The van der Waals surface area contributed by atoms with Crippen molar-refractivity contribution in [2.24, 2.45) is 5.92 Å². The maximum atomic E-state index is 12.5. The third-order valence-electron chi connectivity index (χ3n) is 4.65. The Hall–Kier alpha value is -3.81. The molecule has 3 aromatic rings. The topological polar surface area (TPSA) is 97.4 Å². The molecule has 8 nitrogen and oxygen atoms in total. The Morgan fingerprint density at radius 1 is 0.875 bits per heavy atom. The molecule has 0 aliphatic carbocycles. The predicted molar refractivity (Wildman–Crippen MR) is 127 cm³/mol. The number of aromatic nitrogens is 2. The average Bonchev–Trinajstić information content (AvgIpc) is 2.77. The molecule has 0 aliphatic rings. The van der Waals surface area contributed by atoms with Crippen LogP contribution in [0.25, 0.3) is 0 Å². The molecular formula is C24H29N5O3. The van der Waals surface area contributed by atoms with Crippen molar-refractivity contribution < 1.29 is 14.3 Å². The van der Waals surface area contributed by atoms with Gasteiger partial charge in [-0.2, -0.15) is 4.98 Å². The summed E-state index contributed by atoms with van der Waals surface area (Å²) in [5.41, 5.74) is 2.81. The van der Waals surface area contributed by atoms with E-state index in [9.17, 15) is 4.79 Å². The van der Waals surface area contributed by atoms with Gasteiger partial charge in [0, 0.05) is 17.8 Å². The van der Waals surface area contributed by atoms with E-state index in [0.717, 1.165) is 22.9 Å². The molecule has 0 atom stereocenters. The molecule has 0 spiro atoms. The van der Waals surface area contributed by atoms with Gasteiger partial charge in [-0.1, -0.05) is 13.8 Å². The maximum absolute atomic E-state index is 12.5. The van der Waals surface area contributed by atoms with E-state index in [2.05, 4.69) is 25.9 Å². The third-order valence-corrected chi connectivity index (χ3v) is 4.65. The standard InChI is InChI=1S/C24H29N5O3/c1-15(2)14-21(30)28-22-16(3)25-24(27-18-8-12-20(32-5)13-9-18)29-23(22)26-17-6-10-19(31-4)11-7-17/h6-13,15H,14H2,1-5H3,(H,28,30)(H2,25,26,27,29). The van der Waals surface area contributed by atoms with E-state index in [-0.39, 0.29) is 11.8 Å². The van der Waals surface area contributed by atoms with Gasteiger partial charge >= 0.3 is 0 Å². The van der Waals surface area contributed by atoms with Gasteiger partial charge in [-0.25, -0.2) is 4.98 Å². The van der Waals surface area contributed by atoms with Crippen LogP contribution >= 0.6 is 0 Å². The smallest absolute Gasteiger partial charge is 0.229 e. The highest BCUT2D eigenvalue weighted by Crippen LogP contribution is 2.30. The maximum Gasteiger partial charge on any atom is 0.229 e. The molecule has 32 heavy (non-hydrogen) atoms. The van der Waals surface area contributed by atoms with Crippen LogP contribution in [0.4, 0.5) is 28.8 Å². The number of amides is 1. The molecule has 0 saturated heterocycles. The van der Waals surface area contributed by atoms with Crippen LogP contribution in [0, 0.1) is 12.8 Å². The van der Waals surface area contributed by atoms with E-state index < -0.39 is 0 Å². The van der Waals surface area contributed by atoms with E-state index in [1.165, 1.54) is 0 Å². The SMILES string of the molecule is COc1ccc(Nc2nc(C)c(NC(=O)CC(C)C)c(Nc3ccc(OC)cc3)n2)cc1. The molecule has 0 radical (unpaired) electrons. The zero-order valence-corrected chi connectivity index (χ0v) is 19.0. The van der Waals surface area contributed by atoms with Crippen molar-refractivity contribution in [2.45, 2.75) is 27.2 Å². The third kappa shape index (κ3) is 6.10. The fourth-order valence-corrected chi connectivity index (χ4v) is 3.04. The van der Waals surface area contributed by atoms with Crippen molar-refractivity contribution in [3.05, 3.63) is 54.2 Å². The van der Waals surface area contributed by atoms with Gasteiger partial charge in [0.1, 0.15) is 17.2 Å². The number of ether oxygens (including phenoxy) is 2. The minimum atomic E-state index is -0.0830. The first kappa shape index (κ1) is 22.9. The van der Waals surface area contributed by atoms with Gasteiger partial charge in [0.25, 0.3) is 0 Å². The molecule has 2 aromatic carbocycles. The van der Waals surface area contributed by atoms with Crippen molar-refractivity contribution in [2.75, 3.05) is 30.2 Å². The summed E-state index contributed by atoms with van der Waals surface area (Å²) in [5, 5.41) is 9.45.